The van der Waals surface area contributed by atoms with E-state index in [-0.39, 0.29) is 11.8 Å². The Morgan fingerprint density at radius 3 is 0.803 bits per heavy atom. The van der Waals surface area contributed by atoms with Gasteiger partial charge in [-0.05, 0) is 119 Å². The van der Waals surface area contributed by atoms with Crippen LogP contribution in [0.3, 0.4) is 0 Å². The lowest BCUT2D eigenvalue weighted by Crippen LogP contribution is -2.31. The van der Waals surface area contributed by atoms with Crippen LogP contribution >= 0.6 is 0 Å². The van der Waals surface area contributed by atoms with E-state index < -0.39 is 0 Å². The Morgan fingerprint density at radius 1 is 0.276 bits per heavy atom. The van der Waals surface area contributed by atoms with Crippen molar-refractivity contribution in [3.63, 3.8) is 0 Å². The van der Waals surface area contributed by atoms with Gasteiger partial charge in [-0.25, -0.2) is 0 Å². The Balaban J connectivity index is 0.980. The molecule has 2 amide bonds. The van der Waals surface area contributed by atoms with Crippen molar-refractivity contribution in [3.05, 3.63) is 241 Å². The minimum atomic E-state index is -0.0746. The van der Waals surface area contributed by atoms with Gasteiger partial charge in [0.05, 0.1) is 22.5 Å². The molecule has 6 heteroatoms. The van der Waals surface area contributed by atoms with Gasteiger partial charge in [-0.2, -0.15) is 0 Å². The first-order valence-electron chi connectivity index (χ1n) is 27.9. The number of nitrogens with zero attached hydrogens (tertiary/aromatic N) is 4. The smallest absolute Gasteiger partial charge is 0.261 e. The Labute approximate surface area is 451 Å². The molecule has 0 N–H and O–H groups in total. The van der Waals surface area contributed by atoms with Crippen molar-refractivity contribution in [2.75, 3.05) is 22.9 Å². The third kappa shape index (κ3) is 11.4. The SMILES string of the molecule is CCCCCCCCN1C(=O)C2=C(c3ccc(-c4ccc(N(c5ccccc5)c5ccccc5)cc4)cc3)N(CCCCCCCC)C(=O)C2=C1c1ccc(-c2ccc(N(c3ccccc3)c3ccccc3)cc2)cc1. The van der Waals surface area contributed by atoms with Gasteiger partial charge in [0.2, 0.25) is 0 Å². The molecule has 76 heavy (non-hydrogen) atoms. The fourth-order valence-electron chi connectivity index (χ4n) is 11.0. The highest BCUT2D eigenvalue weighted by Crippen LogP contribution is 2.48. The van der Waals surface area contributed by atoms with Crippen LogP contribution in [0.15, 0.2) is 230 Å². The molecule has 0 spiro atoms. The van der Waals surface area contributed by atoms with E-state index in [1.165, 1.54) is 38.5 Å². The molecule has 8 aromatic rings. The number of anilines is 6. The van der Waals surface area contributed by atoms with Crippen LogP contribution in [0.2, 0.25) is 0 Å². The third-order valence-corrected chi connectivity index (χ3v) is 14.9. The fraction of sp³-hybridized carbons (Fsp3) is 0.229. The highest BCUT2D eigenvalue weighted by atomic mass is 16.2. The number of carbonyl (C=O) groups excluding carboxylic acids is 2. The Morgan fingerprint density at radius 2 is 0.513 bits per heavy atom. The minimum absolute atomic E-state index is 0.0746. The third-order valence-electron chi connectivity index (χ3n) is 14.9. The molecule has 0 saturated heterocycles. The lowest BCUT2D eigenvalue weighted by Gasteiger charge is -2.26. The van der Waals surface area contributed by atoms with Crippen LogP contribution in [0.1, 0.15) is 102 Å². The number of para-hydroxylation sites is 4. The molecule has 2 aliphatic heterocycles. The van der Waals surface area contributed by atoms with E-state index in [0.29, 0.717) is 24.2 Å². The summed E-state index contributed by atoms with van der Waals surface area (Å²) in [5.74, 6) is -0.149. The highest BCUT2D eigenvalue weighted by Gasteiger charge is 2.48. The quantitative estimate of drug-likeness (QED) is 0.0566. The highest BCUT2D eigenvalue weighted by molar-refractivity contribution is 6.30. The topological polar surface area (TPSA) is 47.1 Å². The molecular weight excluding hydrogens is 929 g/mol. The molecule has 382 valence electrons. The number of hydrogen-bond acceptors (Lipinski definition) is 4. The van der Waals surface area contributed by atoms with Crippen LogP contribution < -0.4 is 9.80 Å². The summed E-state index contributed by atoms with van der Waals surface area (Å²) in [5.41, 5.74) is 15.1. The van der Waals surface area contributed by atoms with Crippen LogP contribution in [-0.4, -0.2) is 34.7 Å². The molecule has 0 saturated carbocycles. The van der Waals surface area contributed by atoms with Gasteiger partial charge >= 0.3 is 0 Å². The van der Waals surface area contributed by atoms with Crippen molar-refractivity contribution in [1.29, 1.82) is 0 Å². The van der Waals surface area contributed by atoms with Crippen LogP contribution in [0, 0.1) is 0 Å². The predicted molar refractivity (Wildman–Crippen MR) is 317 cm³/mol. The first-order valence-corrected chi connectivity index (χ1v) is 27.9. The largest absolute Gasteiger partial charge is 0.311 e. The second-order valence-corrected chi connectivity index (χ2v) is 20.2. The summed E-state index contributed by atoms with van der Waals surface area (Å²) in [6.07, 6.45) is 13.3. The van der Waals surface area contributed by atoms with E-state index in [4.69, 9.17) is 0 Å². The number of benzene rings is 8. The van der Waals surface area contributed by atoms with Crippen molar-refractivity contribution in [3.8, 4) is 22.3 Å². The fourth-order valence-corrected chi connectivity index (χ4v) is 11.0. The zero-order chi connectivity index (χ0) is 52.1. The van der Waals surface area contributed by atoms with E-state index >= 15 is 9.59 Å². The van der Waals surface area contributed by atoms with Gasteiger partial charge in [0, 0.05) is 47.2 Å². The second kappa shape index (κ2) is 24.9. The van der Waals surface area contributed by atoms with E-state index in [1.54, 1.807) is 0 Å². The van der Waals surface area contributed by atoms with Crippen LogP contribution in [0.5, 0.6) is 0 Å². The van der Waals surface area contributed by atoms with Crippen LogP contribution in [-0.2, 0) is 9.59 Å². The molecule has 2 heterocycles. The van der Waals surface area contributed by atoms with Gasteiger partial charge in [-0.15, -0.1) is 0 Å². The zero-order valence-corrected chi connectivity index (χ0v) is 44.3. The lowest BCUT2D eigenvalue weighted by atomic mass is 9.98. The number of rotatable bonds is 24. The standard InChI is InChI=1S/C70H70N4O2/c1-3-5-7-9-11-25-51-71-67(57-39-35-53(36-40-57)55-43-47-63(48-44-55)73(59-27-17-13-18-28-59)60-29-19-14-20-30-60)65-66(69(71)75)68(72(70(65)76)52-26-12-10-8-6-4-2)58-41-37-54(38-42-58)56-45-49-64(50-46-56)74(61-31-21-15-22-32-61)62-33-23-16-24-34-62/h13-24,27-50H,3-12,25-26,51-52H2,1-2H3. The summed E-state index contributed by atoms with van der Waals surface area (Å²) in [4.78, 5) is 38.9. The van der Waals surface area contributed by atoms with Crippen molar-refractivity contribution < 1.29 is 9.59 Å². The number of hydrogen-bond donors (Lipinski definition) is 0. The second-order valence-electron chi connectivity index (χ2n) is 20.2. The number of unbranched alkanes of at least 4 members (excludes halogenated alkanes) is 10. The Bertz CT molecular complexity index is 2920. The maximum Gasteiger partial charge on any atom is 0.261 e. The predicted octanol–water partition coefficient (Wildman–Crippen LogP) is 18.5. The van der Waals surface area contributed by atoms with Crippen molar-refractivity contribution in [2.45, 2.75) is 90.9 Å². The lowest BCUT2D eigenvalue weighted by molar-refractivity contribution is -0.124. The molecule has 10 rings (SSSR count). The average Bonchev–Trinajstić information content (AvgIpc) is 3.97. The van der Waals surface area contributed by atoms with Gasteiger partial charge in [-0.3, -0.25) is 9.59 Å². The minimum Gasteiger partial charge on any atom is -0.311 e. The number of carbonyl (C=O) groups is 2. The molecular formula is C70H70N4O2. The molecule has 0 aromatic heterocycles. The molecule has 0 atom stereocenters. The van der Waals surface area contributed by atoms with Crippen LogP contribution in [0.4, 0.5) is 34.1 Å². The van der Waals surface area contributed by atoms with Crippen LogP contribution in [0.25, 0.3) is 33.6 Å². The summed E-state index contributed by atoms with van der Waals surface area (Å²) in [5, 5.41) is 0. The van der Waals surface area contributed by atoms with E-state index in [1.807, 2.05) is 34.1 Å². The maximum atomic E-state index is 15.3. The van der Waals surface area contributed by atoms with Crippen molar-refractivity contribution in [2.24, 2.45) is 0 Å². The van der Waals surface area contributed by atoms with Gasteiger partial charge in [0.25, 0.3) is 11.8 Å². The Hall–Kier alpha value is -8.22. The molecule has 0 bridgehead atoms. The Kier molecular flexibility index (Phi) is 16.8. The molecule has 0 fully saturated rings. The maximum absolute atomic E-state index is 15.3. The van der Waals surface area contributed by atoms with Crippen molar-refractivity contribution in [1.82, 2.24) is 9.80 Å². The molecule has 0 unspecified atom stereocenters. The van der Waals surface area contributed by atoms with Gasteiger partial charge in [-0.1, -0.05) is 224 Å². The first-order chi connectivity index (χ1) is 37.5. The molecule has 0 radical (unpaired) electrons. The number of fused-ring (bicyclic) bond motifs is 1. The van der Waals surface area contributed by atoms with Gasteiger partial charge < -0.3 is 19.6 Å². The summed E-state index contributed by atoms with van der Waals surface area (Å²) in [7, 11) is 0. The van der Waals surface area contributed by atoms with Gasteiger partial charge in [0.1, 0.15) is 0 Å². The van der Waals surface area contributed by atoms with Gasteiger partial charge in [0.15, 0.2) is 0 Å². The average molecular weight is 999 g/mol. The molecule has 2 aliphatic rings. The van der Waals surface area contributed by atoms with E-state index in [2.05, 4.69) is 218 Å². The van der Waals surface area contributed by atoms with E-state index in [9.17, 15) is 0 Å². The summed E-state index contributed by atoms with van der Waals surface area (Å²) in [6.45, 7) is 5.60. The molecule has 6 nitrogen and oxygen atoms in total. The van der Waals surface area contributed by atoms with Crippen molar-refractivity contribution >= 4 is 57.3 Å². The summed E-state index contributed by atoms with van der Waals surface area (Å²) < 4.78 is 0. The first kappa shape index (κ1) is 51.3. The van der Waals surface area contributed by atoms with E-state index in [0.717, 1.165) is 117 Å². The summed E-state index contributed by atoms with van der Waals surface area (Å²) >= 11 is 0. The molecule has 0 aliphatic carbocycles. The monoisotopic (exact) mass is 999 g/mol. The zero-order valence-electron chi connectivity index (χ0n) is 44.3. The summed E-state index contributed by atoms with van der Waals surface area (Å²) in [6, 6.07) is 76.2. The molecule has 8 aromatic carbocycles. The normalized spacial score (nSPS) is 13.2. The number of amides is 2.